The second-order valence-electron chi connectivity index (χ2n) is 6.03. The van der Waals surface area contributed by atoms with Crippen molar-refractivity contribution in [1.29, 1.82) is 0 Å². The summed E-state index contributed by atoms with van der Waals surface area (Å²) in [6, 6.07) is 8.85. The number of nitrogens with one attached hydrogen (secondary N) is 1. The minimum atomic E-state index is 0.677. The summed E-state index contributed by atoms with van der Waals surface area (Å²) in [7, 11) is 0. The molecule has 2 heterocycles. The number of para-hydroxylation sites is 1. The zero-order valence-corrected chi connectivity index (χ0v) is 12.9. The van der Waals surface area contributed by atoms with Gasteiger partial charge in [-0.3, -0.25) is 4.90 Å². The molecule has 2 unspecified atom stereocenters. The van der Waals surface area contributed by atoms with E-state index >= 15 is 0 Å². The molecule has 3 nitrogen and oxygen atoms in total. The molecule has 0 saturated carbocycles. The predicted octanol–water partition coefficient (Wildman–Crippen LogP) is 2.46. The van der Waals surface area contributed by atoms with Crippen molar-refractivity contribution in [1.82, 2.24) is 10.2 Å². The quantitative estimate of drug-likeness (QED) is 0.924. The van der Waals surface area contributed by atoms with E-state index in [2.05, 4.69) is 34.2 Å². The highest BCUT2D eigenvalue weighted by molar-refractivity contribution is 6.33. The summed E-state index contributed by atoms with van der Waals surface area (Å²) in [6.45, 7) is 9.20. The van der Waals surface area contributed by atoms with Crippen molar-refractivity contribution in [2.75, 3.05) is 44.2 Å². The van der Waals surface area contributed by atoms with Crippen molar-refractivity contribution < 1.29 is 0 Å². The van der Waals surface area contributed by atoms with E-state index in [1.54, 1.807) is 0 Å². The average Bonchev–Trinajstić information content (AvgIpc) is 2.86. The van der Waals surface area contributed by atoms with Crippen molar-refractivity contribution in [2.45, 2.75) is 19.4 Å². The number of piperazine rings is 1. The van der Waals surface area contributed by atoms with E-state index in [1.165, 1.54) is 25.2 Å². The molecule has 1 aromatic carbocycles. The first-order chi connectivity index (χ1) is 9.74. The van der Waals surface area contributed by atoms with Crippen LogP contribution in [-0.2, 0) is 0 Å². The van der Waals surface area contributed by atoms with E-state index in [-0.39, 0.29) is 0 Å². The van der Waals surface area contributed by atoms with Gasteiger partial charge in [0.15, 0.2) is 0 Å². The molecule has 0 aromatic heterocycles. The molecule has 2 aliphatic heterocycles. The Kier molecular flexibility index (Phi) is 4.49. The smallest absolute Gasteiger partial charge is 0.0639 e. The van der Waals surface area contributed by atoms with Gasteiger partial charge >= 0.3 is 0 Å². The molecule has 1 aromatic rings. The lowest BCUT2D eigenvalue weighted by molar-refractivity contribution is 0.212. The van der Waals surface area contributed by atoms with Crippen molar-refractivity contribution in [3.05, 3.63) is 29.3 Å². The van der Waals surface area contributed by atoms with E-state index in [1.807, 2.05) is 12.1 Å². The molecule has 0 aliphatic carbocycles. The van der Waals surface area contributed by atoms with Gasteiger partial charge in [0.25, 0.3) is 0 Å². The van der Waals surface area contributed by atoms with Crippen molar-refractivity contribution in [3.63, 3.8) is 0 Å². The first-order valence-electron chi connectivity index (χ1n) is 7.69. The molecule has 1 N–H and O–H groups in total. The summed E-state index contributed by atoms with van der Waals surface area (Å²) < 4.78 is 0. The standard InChI is InChI=1S/C16H24ClN3/c1-13-14(6-7-18-13)12-19-8-10-20(11-9-19)16-5-3-2-4-15(16)17/h2-5,13-14,18H,6-12H2,1H3. The summed E-state index contributed by atoms with van der Waals surface area (Å²) in [5.41, 5.74) is 1.18. The van der Waals surface area contributed by atoms with Crippen LogP contribution in [0.5, 0.6) is 0 Å². The van der Waals surface area contributed by atoms with Crippen LogP contribution < -0.4 is 10.2 Å². The molecule has 2 saturated heterocycles. The molecule has 0 spiro atoms. The fraction of sp³-hybridized carbons (Fsp3) is 0.625. The average molecular weight is 294 g/mol. The Morgan fingerprint density at radius 1 is 1.20 bits per heavy atom. The molecule has 2 atom stereocenters. The molecular weight excluding hydrogens is 270 g/mol. The summed E-state index contributed by atoms with van der Waals surface area (Å²) in [5.74, 6) is 0.821. The van der Waals surface area contributed by atoms with Crippen LogP contribution in [0.1, 0.15) is 13.3 Å². The maximum atomic E-state index is 6.29. The zero-order chi connectivity index (χ0) is 13.9. The van der Waals surface area contributed by atoms with Crippen LogP contribution in [0.25, 0.3) is 0 Å². The Balaban J connectivity index is 1.53. The fourth-order valence-corrected chi connectivity index (χ4v) is 3.63. The highest BCUT2D eigenvalue weighted by atomic mass is 35.5. The highest BCUT2D eigenvalue weighted by Crippen LogP contribution is 2.26. The number of halogens is 1. The summed E-state index contributed by atoms with van der Waals surface area (Å²) in [6.07, 6.45) is 1.33. The van der Waals surface area contributed by atoms with Gasteiger partial charge < -0.3 is 10.2 Å². The van der Waals surface area contributed by atoms with E-state index in [4.69, 9.17) is 11.6 Å². The number of hydrogen-bond acceptors (Lipinski definition) is 3. The van der Waals surface area contributed by atoms with Crippen molar-refractivity contribution >= 4 is 17.3 Å². The maximum Gasteiger partial charge on any atom is 0.0639 e. The lowest BCUT2D eigenvalue weighted by Gasteiger charge is -2.38. The summed E-state index contributed by atoms with van der Waals surface area (Å²) >= 11 is 6.29. The van der Waals surface area contributed by atoms with Crippen LogP contribution >= 0.6 is 11.6 Å². The normalized spacial score (nSPS) is 28.0. The molecule has 3 rings (SSSR count). The Morgan fingerprint density at radius 3 is 2.60 bits per heavy atom. The van der Waals surface area contributed by atoms with Crippen LogP contribution in [0.4, 0.5) is 5.69 Å². The first kappa shape index (κ1) is 14.2. The van der Waals surface area contributed by atoms with Gasteiger partial charge in [-0.15, -0.1) is 0 Å². The molecule has 0 bridgehead atoms. The van der Waals surface area contributed by atoms with Crippen LogP contribution in [0, 0.1) is 5.92 Å². The van der Waals surface area contributed by atoms with Gasteiger partial charge in [-0.25, -0.2) is 0 Å². The predicted molar refractivity (Wildman–Crippen MR) is 85.7 cm³/mol. The Hall–Kier alpha value is -0.770. The highest BCUT2D eigenvalue weighted by Gasteiger charge is 2.26. The third-order valence-corrected chi connectivity index (χ3v) is 5.07. The van der Waals surface area contributed by atoms with Crippen LogP contribution in [0.15, 0.2) is 24.3 Å². The minimum Gasteiger partial charge on any atom is -0.368 e. The number of nitrogens with zero attached hydrogens (tertiary/aromatic N) is 2. The number of rotatable bonds is 3. The Morgan fingerprint density at radius 2 is 1.95 bits per heavy atom. The molecular formula is C16H24ClN3. The maximum absolute atomic E-state index is 6.29. The SMILES string of the molecule is CC1NCCC1CN1CCN(c2ccccc2Cl)CC1. The van der Waals surface area contributed by atoms with Crippen molar-refractivity contribution in [2.24, 2.45) is 5.92 Å². The van der Waals surface area contributed by atoms with Gasteiger partial charge in [-0.05, 0) is 37.9 Å². The minimum absolute atomic E-state index is 0.677. The topological polar surface area (TPSA) is 18.5 Å². The third-order valence-electron chi connectivity index (χ3n) is 4.75. The van der Waals surface area contributed by atoms with Gasteiger partial charge in [-0.2, -0.15) is 0 Å². The number of anilines is 1. The molecule has 4 heteroatoms. The van der Waals surface area contributed by atoms with E-state index in [0.29, 0.717) is 6.04 Å². The van der Waals surface area contributed by atoms with Crippen LogP contribution in [0.3, 0.4) is 0 Å². The van der Waals surface area contributed by atoms with Crippen LogP contribution in [0.2, 0.25) is 5.02 Å². The van der Waals surface area contributed by atoms with Crippen molar-refractivity contribution in [3.8, 4) is 0 Å². The van der Waals surface area contributed by atoms with Crippen LogP contribution in [-0.4, -0.2) is 50.2 Å². The monoisotopic (exact) mass is 293 g/mol. The number of hydrogen-bond donors (Lipinski definition) is 1. The van der Waals surface area contributed by atoms with E-state index < -0.39 is 0 Å². The molecule has 110 valence electrons. The molecule has 2 fully saturated rings. The lowest BCUT2D eigenvalue weighted by atomic mass is 10.0. The summed E-state index contributed by atoms with van der Waals surface area (Å²) in [5, 5.41) is 4.42. The van der Waals surface area contributed by atoms with Gasteiger partial charge in [0, 0.05) is 38.8 Å². The number of benzene rings is 1. The van der Waals surface area contributed by atoms with E-state index in [0.717, 1.165) is 37.1 Å². The lowest BCUT2D eigenvalue weighted by Crippen LogP contribution is -2.48. The van der Waals surface area contributed by atoms with Gasteiger partial charge in [-0.1, -0.05) is 23.7 Å². The first-order valence-corrected chi connectivity index (χ1v) is 8.07. The Labute approximate surface area is 126 Å². The Bertz CT molecular complexity index is 443. The molecule has 20 heavy (non-hydrogen) atoms. The zero-order valence-electron chi connectivity index (χ0n) is 12.2. The summed E-state index contributed by atoms with van der Waals surface area (Å²) in [4.78, 5) is 5.02. The second kappa shape index (κ2) is 6.33. The molecule has 0 radical (unpaired) electrons. The van der Waals surface area contributed by atoms with Gasteiger partial charge in [0.05, 0.1) is 10.7 Å². The second-order valence-corrected chi connectivity index (χ2v) is 6.44. The van der Waals surface area contributed by atoms with Gasteiger partial charge in [0.2, 0.25) is 0 Å². The third kappa shape index (κ3) is 3.11. The van der Waals surface area contributed by atoms with Gasteiger partial charge in [0.1, 0.15) is 0 Å². The largest absolute Gasteiger partial charge is 0.368 e. The molecule has 0 amide bonds. The fourth-order valence-electron chi connectivity index (χ4n) is 3.37. The molecule has 2 aliphatic rings. The van der Waals surface area contributed by atoms with E-state index in [9.17, 15) is 0 Å².